The normalized spacial score (nSPS) is 13.8. The van der Waals surface area contributed by atoms with Crippen molar-refractivity contribution < 1.29 is 8.42 Å². The first kappa shape index (κ1) is 15.9. The third-order valence-electron chi connectivity index (χ3n) is 2.86. The molecule has 1 heterocycles. The van der Waals surface area contributed by atoms with Crippen LogP contribution in [0.25, 0.3) is 0 Å². The summed E-state index contributed by atoms with van der Waals surface area (Å²) in [6.45, 7) is 5.02. The van der Waals surface area contributed by atoms with Gasteiger partial charge in [-0.2, -0.15) is 0 Å². The van der Waals surface area contributed by atoms with E-state index >= 15 is 0 Å². The summed E-state index contributed by atoms with van der Waals surface area (Å²) < 4.78 is 23.5. The maximum atomic E-state index is 11.7. The molecule has 0 spiro atoms. The molecule has 0 aromatic carbocycles. The van der Waals surface area contributed by atoms with Crippen molar-refractivity contribution in [2.45, 2.75) is 24.8 Å². The summed E-state index contributed by atoms with van der Waals surface area (Å²) in [5.41, 5.74) is 0. The number of hydrogen-bond donors (Lipinski definition) is 1. The average Bonchev–Trinajstić information content (AvgIpc) is 2.26. The van der Waals surface area contributed by atoms with Crippen molar-refractivity contribution in [3.05, 3.63) is 18.3 Å². The van der Waals surface area contributed by atoms with Crippen molar-refractivity contribution in [1.29, 1.82) is 0 Å². The number of anilines is 1. The monoisotopic (exact) mass is 285 g/mol. The fourth-order valence-electron chi connectivity index (χ4n) is 1.79. The molecular weight excluding hydrogens is 262 g/mol. The van der Waals surface area contributed by atoms with Gasteiger partial charge in [-0.15, -0.1) is 0 Å². The van der Waals surface area contributed by atoms with Gasteiger partial charge in [0.25, 0.3) is 0 Å². The Labute approximate surface area is 116 Å². The molecule has 6 heteroatoms. The molecule has 0 bridgehead atoms. The molecule has 0 aliphatic rings. The van der Waals surface area contributed by atoms with Gasteiger partial charge >= 0.3 is 0 Å². The lowest BCUT2D eigenvalue weighted by molar-refractivity contribution is 0.344. The van der Waals surface area contributed by atoms with Gasteiger partial charge in [0.05, 0.1) is 0 Å². The van der Waals surface area contributed by atoms with Crippen LogP contribution in [0, 0.1) is 5.92 Å². The molecule has 0 aliphatic heterocycles. The Kier molecular flexibility index (Phi) is 5.31. The highest BCUT2D eigenvalue weighted by Gasteiger charge is 2.19. The summed E-state index contributed by atoms with van der Waals surface area (Å²) in [4.78, 5) is 6.49. The van der Waals surface area contributed by atoms with E-state index in [1.54, 1.807) is 18.3 Å². The highest BCUT2D eigenvalue weighted by atomic mass is 32.2. The van der Waals surface area contributed by atoms with Crippen LogP contribution in [0.2, 0.25) is 0 Å². The van der Waals surface area contributed by atoms with Gasteiger partial charge in [-0.05, 0) is 32.1 Å². The predicted molar refractivity (Wildman–Crippen MR) is 78.1 cm³/mol. The van der Waals surface area contributed by atoms with Crippen LogP contribution >= 0.6 is 0 Å². The molecule has 0 aliphatic carbocycles. The Morgan fingerprint density at radius 1 is 1.37 bits per heavy atom. The second kappa shape index (κ2) is 6.34. The van der Waals surface area contributed by atoms with Gasteiger partial charge in [0.1, 0.15) is 10.7 Å². The molecule has 19 heavy (non-hydrogen) atoms. The van der Waals surface area contributed by atoms with Crippen LogP contribution in [0.4, 0.5) is 5.82 Å². The van der Waals surface area contributed by atoms with Crippen molar-refractivity contribution in [2.24, 2.45) is 5.92 Å². The number of likely N-dealkylation sites (N-methyl/N-ethyl adjacent to an activating group) is 1. The minimum atomic E-state index is -3.27. The second-order valence-electron chi connectivity index (χ2n) is 5.38. The van der Waals surface area contributed by atoms with Gasteiger partial charge in [-0.3, -0.25) is 0 Å². The first-order chi connectivity index (χ1) is 8.71. The summed E-state index contributed by atoms with van der Waals surface area (Å²) in [6.07, 6.45) is 2.80. The fraction of sp³-hybridized carbons (Fsp3) is 0.615. The maximum absolute atomic E-state index is 11.7. The largest absolute Gasteiger partial charge is 0.365 e. The van der Waals surface area contributed by atoms with Gasteiger partial charge in [0.2, 0.25) is 0 Å². The second-order valence-corrected chi connectivity index (χ2v) is 7.36. The highest BCUT2D eigenvalue weighted by Crippen LogP contribution is 2.20. The van der Waals surface area contributed by atoms with Crippen molar-refractivity contribution in [3.63, 3.8) is 0 Å². The SMILES string of the molecule is CC(C)C(CN(C)C)Nc1ncccc1S(C)(=O)=O. The third kappa shape index (κ3) is 4.80. The van der Waals surface area contributed by atoms with Crippen LogP contribution in [0.1, 0.15) is 13.8 Å². The van der Waals surface area contributed by atoms with E-state index in [9.17, 15) is 8.42 Å². The molecule has 1 aromatic heterocycles. The molecule has 0 amide bonds. The van der Waals surface area contributed by atoms with Crippen LogP contribution in [0.3, 0.4) is 0 Å². The number of rotatable bonds is 6. The van der Waals surface area contributed by atoms with Crippen molar-refractivity contribution in [1.82, 2.24) is 9.88 Å². The molecule has 1 unspecified atom stereocenters. The zero-order valence-electron chi connectivity index (χ0n) is 12.2. The van der Waals surface area contributed by atoms with Crippen LogP contribution in [-0.4, -0.2) is 51.2 Å². The van der Waals surface area contributed by atoms with Gasteiger partial charge in [-0.1, -0.05) is 13.8 Å². The molecule has 1 rings (SSSR count). The minimum absolute atomic E-state index is 0.144. The molecule has 0 fully saturated rings. The molecule has 1 atom stereocenters. The fourth-order valence-corrected chi connectivity index (χ4v) is 2.58. The molecule has 0 saturated heterocycles. The van der Waals surface area contributed by atoms with E-state index in [1.807, 2.05) is 14.1 Å². The summed E-state index contributed by atoms with van der Waals surface area (Å²) in [6, 6.07) is 3.36. The lowest BCUT2D eigenvalue weighted by atomic mass is 10.0. The van der Waals surface area contributed by atoms with Gasteiger partial charge in [0, 0.05) is 25.0 Å². The van der Waals surface area contributed by atoms with Crippen molar-refractivity contribution in [2.75, 3.05) is 32.2 Å². The lowest BCUT2D eigenvalue weighted by Crippen LogP contribution is -2.37. The molecule has 108 valence electrons. The highest BCUT2D eigenvalue weighted by molar-refractivity contribution is 7.90. The van der Waals surface area contributed by atoms with E-state index in [0.717, 1.165) is 6.54 Å². The molecule has 1 N–H and O–H groups in total. The van der Waals surface area contributed by atoms with Gasteiger partial charge in [0.15, 0.2) is 9.84 Å². The van der Waals surface area contributed by atoms with E-state index in [1.165, 1.54) is 6.26 Å². The van der Waals surface area contributed by atoms with Crippen molar-refractivity contribution in [3.8, 4) is 0 Å². The Balaban J connectivity index is 3.03. The smallest absolute Gasteiger partial charge is 0.179 e. The van der Waals surface area contributed by atoms with E-state index in [4.69, 9.17) is 0 Å². The van der Waals surface area contributed by atoms with E-state index in [2.05, 4.69) is 29.0 Å². The van der Waals surface area contributed by atoms with Gasteiger partial charge < -0.3 is 10.2 Å². The number of nitrogens with one attached hydrogen (secondary N) is 1. The lowest BCUT2D eigenvalue weighted by Gasteiger charge is -2.26. The van der Waals surface area contributed by atoms with Crippen LogP contribution < -0.4 is 5.32 Å². The first-order valence-electron chi connectivity index (χ1n) is 6.28. The topological polar surface area (TPSA) is 62.3 Å². The number of nitrogens with zero attached hydrogens (tertiary/aromatic N) is 2. The number of pyridine rings is 1. The zero-order chi connectivity index (χ0) is 14.6. The molecule has 0 radical (unpaired) electrons. The minimum Gasteiger partial charge on any atom is -0.365 e. The van der Waals surface area contributed by atoms with Gasteiger partial charge in [-0.25, -0.2) is 13.4 Å². The van der Waals surface area contributed by atoms with Crippen LogP contribution in [0.5, 0.6) is 0 Å². The third-order valence-corrected chi connectivity index (χ3v) is 3.99. The average molecular weight is 285 g/mol. The van der Waals surface area contributed by atoms with E-state index < -0.39 is 9.84 Å². The summed E-state index contributed by atoms with van der Waals surface area (Å²) in [7, 11) is 0.714. The molecular formula is C13H23N3O2S. The number of aromatic nitrogens is 1. The summed E-state index contributed by atoms with van der Waals surface area (Å²) >= 11 is 0. The molecule has 0 saturated carbocycles. The quantitative estimate of drug-likeness (QED) is 0.858. The standard InChI is InChI=1S/C13H23N3O2S/c1-10(2)11(9-16(3)4)15-13-12(19(5,17)18)7-6-8-14-13/h6-8,10-11H,9H2,1-5H3,(H,14,15). The maximum Gasteiger partial charge on any atom is 0.179 e. The molecule has 5 nitrogen and oxygen atoms in total. The van der Waals surface area contributed by atoms with E-state index in [-0.39, 0.29) is 10.9 Å². The summed E-state index contributed by atoms with van der Waals surface area (Å²) in [5.74, 6) is 0.808. The van der Waals surface area contributed by atoms with Crippen LogP contribution in [0.15, 0.2) is 23.2 Å². The Hall–Kier alpha value is -1.14. The molecule has 1 aromatic rings. The number of sulfone groups is 1. The zero-order valence-corrected chi connectivity index (χ0v) is 13.0. The van der Waals surface area contributed by atoms with Crippen molar-refractivity contribution >= 4 is 15.7 Å². The predicted octanol–water partition coefficient (Wildman–Crippen LogP) is 1.48. The Morgan fingerprint density at radius 2 is 2.00 bits per heavy atom. The van der Waals surface area contributed by atoms with Crippen LogP contribution in [-0.2, 0) is 9.84 Å². The number of hydrogen-bond acceptors (Lipinski definition) is 5. The summed E-state index contributed by atoms with van der Waals surface area (Å²) in [5, 5.41) is 3.25. The Bertz CT molecular complexity index is 512. The first-order valence-corrected chi connectivity index (χ1v) is 8.17. The Morgan fingerprint density at radius 3 is 2.47 bits per heavy atom. The van der Waals surface area contributed by atoms with E-state index in [0.29, 0.717) is 11.7 Å².